The van der Waals surface area contributed by atoms with E-state index in [2.05, 4.69) is 9.97 Å². The first-order valence-electron chi connectivity index (χ1n) is 4.66. The smallest absolute Gasteiger partial charge is 0.268 e. The van der Waals surface area contributed by atoms with E-state index in [1.54, 1.807) is 0 Å². The maximum absolute atomic E-state index is 12.8. The molecule has 0 fully saturated rings. The predicted octanol–water partition coefficient (Wildman–Crippen LogP) is 2.95. The Morgan fingerprint density at radius 1 is 1.44 bits per heavy atom. The van der Waals surface area contributed by atoms with E-state index in [4.69, 9.17) is 4.74 Å². The molecule has 0 aliphatic heterocycles. The monoisotopic (exact) mass is 244 g/mol. The highest BCUT2D eigenvalue weighted by Crippen LogP contribution is 2.31. The summed E-state index contributed by atoms with van der Waals surface area (Å²) < 4.78 is 30.3. The molecule has 0 saturated heterocycles. The third kappa shape index (κ3) is 1.90. The van der Waals surface area contributed by atoms with Crippen molar-refractivity contribution in [3.63, 3.8) is 0 Å². The molecule has 0 aromatic carbocycles. The van der Waals surface area contributed by atoms with E-state index in [0.29, 0.717) is 15.9 Å². The molecule has 3 nitrogen and oxygen atoms in total. The molecule has 0 amide bonds. The maximum atomic E-state index is 12.8. The number of nitrogens with zero attached hydrogens (tertiary/aromatic N) is 2. The fraction of sp³-hybridized carbons (Fsp3) is 0.400. The van der Waals surface area contributed by atoms with Gasteiger partial charge < -0.3 is 4.74 Å². The highest BCUT2D eigenvalue weighted by atomic mass is 32.1. The van der Waals surface area contributed by atoms with Crippen LogP contribution in [-0.4, -0.2) is 23.5 Å². The van der Waals surface area contributed by atoms with Gasteiger partial charge in [-0.2, -0.15) is 0 Å². The molecule has 2 aromatic heterocycles. The molecule has 6 heteroatoms. The molecule has 2 heterocycles. The average molecular weight is 244 g/mol. The topological polar surface area (TPSA) is 35.0 Å². The number of pyridine rings is 1. The minimum atomic E-state index is -2.57. The first-order valence-corrected chi connectivity index (χ1v) is 5.48. The summed E-state index contributed by atoms with van der Waals surface area (Å²) >= 11 is 1.38. The summed E-state index contributed by atoms with van der Waals surface area (Å²) in [5.74, 6) is 0. The average Bonchev–Trinajstić information content (AvgIpc) is 2.59. The largest absolute Gasteiger partial charge is 0.371 e. The Labute approximate surface area is 95.1 Å². The quantitative estimate of drug-likeness (QED) is 0.832. The van der Waals surface area contributed by atoms with Crippen LogP contribution in [0, 0.1) is 6.92 Å². The molecule has 0 N–H and O–H groups in total. The van der Waals surface area contributed by atoms with Gasteiger partial charge in [-0.15, -0.1) is 0 Å². The third-order valence-electron chi connectivity index (χ3n) is 2.22. The number of thiazole rings is 1. The van der Waals surface area contributed by atoms with Gasteiger partial charge in [0.25, 0.3) is 6.43 Å². The van der Waals surface area contributed by atoms with E-state index in [9.17, 15) is 8.78 Å². The van der Waals surface area contributed by atoms with Crippen molar-refractivity contribution in [2.24, 2.45) is 0 Å². The first-order chi connectivity index (χ1) is 7.63. The van der Waals surface area contributed by atoms with Gasteiger partial charge in [0.2, 0.25) is 0 Å². The Kier molecular flexibility index (Phi) is 3.11. The summed E-state index contributed by atoms with van der Waals surface area (Å²) in [5, 5.41) is 0.805. The number of aromatic nitrogens is 2. The first kappa shape index (κ1) is 11.3. The Morgan fingerprint density at radius 2 is 2.19 bits per heavy atom. The van der Waals surface area contributed by atoms with Gasteiger partial charge in [-0.1, -0.05) is 11.3 Å². The number of ether oxygens (including phenoxy) is 1. The summed E-state index contributed by atoms with van der Waals surface area (Å²) in [6.07, 6.45) is -2.31. The zero-order chi connectivity index (χ0) is 11.7. The summed E-state index contributed by atoms with van der Waals surface area (Å²) in [4.78, 5) is 8.97. The fourth-order valence-corrected chi connectivity index (χ4v) is 2.34. The lowest BCUT2D eigenvalue weighted by Gasteiger charge is -2.14. The van der Waals surface area contributed by atoms with Crippen molar-refractivity contribution in [3.05, 3.63) is 22.8 Å². The lowest BCUT2D eigenvalue weighted by Crippen LogP contribution is -2.11. The molecule has 86 valence electrons. The Bertz CT molecular complexity index is 501. The second-order valence-corrected chi connectivity index (χ2v) is 4.46. The van der Waals surface area contributed by atoms with E-state index in [1.807, 2.05) is 6.92 Å². The van der Waals surface area contributed by atoms with Crippen LogP contribution in [0.1, 0.15) is 16.7 Å². The van der Waals surface area contributed by atoms with Crippen LogP contribution in [0.25, 0.3) is 10.3 Å². The van der Waals surface area contributed by atoms with Crippen molar-refractivity contribution in [2.45, 2.75) is 19.5 Å². The van der Waals surface area contributed by atoms with Crippen molar-refractivity contribution in [2.75, 3.05) is 7.11 Å². The lowest BCUT2D eigenvalue weighted by atomic mass is 10.1. The molecule has 2 rings (SSSR count). The van der Waals surface area contributed by atoms with Crippen molar-refractivity contribution >= 4 is 21.7 Å². The van der Waals surface area contributed by atoms with Gasteiger partial charge >= 0.3 is 0 Å². The number of hydrogen-bond acceptors (Lipinski definition) is 4. The SMILES string of the molecule is CO[C@H](c1ccnc2sc(C)nc12)C(F)F. The van der Waals surface area contributed by atoms with Gasteiger partial charge in [-0.3, -0.25) is 0 Å². The molecule has 16 heavy (non-hydrogen) atoms. The van der Waals surface area contributed by atoms with Gasteiger partial charge in [0.1, 0.15) is 16.5 Å². The predicted molar refractivity (Wildman–Crippen MR) is 57.9 cm³/mol. The molecule has 1 atom stereocenters. The molecular formula is C10H10F2N2OS. The molecule has 0 saturated carbocycles. The highest BCUT2D eigenvalue weighted by Gasteiger charge is 2.25. The lowest BCUT2D eigenvalue weighted by molar-refractivity contribution is -0.0336. The van der Waals surface area contributed by atoms with Crippen LogP contribution in [0.2, 0.25) is 0 Å². The van der Waals surface area contributed by atoms with E-state index in [-0.39, 0.29) is 0 Å². The zero-order valence-electron chi connectivity index (χ0n) is 8.78. The second-order valence-electron chi connectivity index (χ2n) is 3.28. The van der Waals surface area contributed by atoms with Crippen molar-refractivity contribution in [1.29, 1.82) is 0 Å². The molecular weight excluding hydrogens is 234 g/mol. The standard InChI is InChI=1S/C10H10F2N2OS/c1-5-14-7-6(8(15-2)9(11)12)3-4-13-10(7)16-5/h3-4,8-9H,1-2H3/t8-/m1/s1. The minimum Gasteiger partial charge on any atom is -0.371 e. The van der Waals surface area contributed by atoms with Crippen molar-refractivity contribution in [3.8, 4) is 0 Å². The number of alkyl halides is 2. The normalized spacial score (nSPS) is 13.6. The Balaban J connectivity index is 2.58. The molecule has 0 aliphatic rings. The zero-order valence-corrected chi connectivity index (χ0v) is 9.59. The van der Waals surface area contributed by atoms with Crippen LogP contribution >= 0.6 is 11.3 Å². The molecule has 0 radical (unpaired) electrons. The number of rotatable bonds is 3. The van der Waals surface area contributed by atoms with Gasteiger partial charge in [0.05, 0.1) is 5.01 Å². The van der Waals surface area contributed by atoms with Gasteiger partial charge in [-0.05, 0) is 13.0 Å². The van der Waals surface area contributed by atoms with E-state index >= 15 is 0 Å². The number of methoxy groups -OCH3 is 1. The summed E-state index contributed by atoms with van der Waals surface area (Å²) in [6, 6.07) is 1.53. The number of aryl methyl sites for hydroxylation is 1. The van der Waals surface area contributed by atoms with Crippen LogP contribution in [0.3, 0.4) is 0 Å². The number of hydrogen-bond donors (Lipinski definition) is 0. The molecule has 0 unspecified atom stereocenters. The fourth-order valence-electron chi connectivity index (χ4n) is 1.55. The van der Waals surface area contributed by atoms with Gasteiger partial charge in [-0.25, -0.2) is 18.7 Å². The van der Waals surface area contributed by atoms with Crippen molar-refractivity contribution in [1.82, 2.24) is 9.97 Å². The molecule has 0 spiro atoms. The Hall–Kier alpha value is -1.14. The van der Waals surface area contributed by atoms with Crippen LogP contribution in [-0.2, 0) is 4.74 Å². The van der Waals surface area contributed by atoms with Crippen LogP contribution in [0.5, 0.6) is 0 Å². The van der Waals surface area contributed by atoms with Crippen LogP contribution < -0.4 is 0 Å². The molecule has 0 aliphatic carbocycles. The molecule has 0 bridgehead atoms. The molecule has 2 aromatic rings. The summed E-state index contributed by atoms with van der Waals surface area (Å²) in [6.45, 7) is 1.82. The number of halogens is 2. The van der Waals surface area contributed by atoms with E-state index in [1.165, 1.54) is 30.7 Å². The Morgan fingerprint density at radius 3 is 2.81 bits per heavy atom. The minimum absolute atomic E-state index is 0.395. The third-order valence-corrected chi connectivity index (χ3v) is 3.10. The van der Waals surface area contributed by atoms with Crippen LogP contribution in [0.15, 0.2) is 12.3 Å². The summed E-state index contributed by atoms with van der Waals surface area (Å²) in [7, 11) is 1.27. The van der Waals surface area contributed by atoms with Gasteiger partial charge in [0, 0.05) is 18.9 Å². The van der Waals surface area contributed by atoms with Crippen LogP contribution in [0.4, 0.5) is 8.78 Å². The maximum Gasteiger partial charge on any atom is 0.268 e. The van der Waals surface area contributed by atoms with E-state index < -0.39 is 12.5 Å². The van der Waals surface area contributed by atoms with Gasteiger partial charge in [0.15, 0.2) is 0 Å². The van der Waals surface area contributed by atoms with Crippen molar-refractivity contribution < 1.29 is 13.5 Å². The second kappa shape index (κ2) is 4.39. The summed E-state index contributed by atoms with van der Waals surface area (Å²) in [5.41, 5.74) is 0.906. The van der Waals surface area contributed by atoms with E-state index in [0.717, 1.165) is 5.01 Å². The number of fused-ring (bicyclic) bond motifs is 1. The highest BCUT2D eigenvalue weighted by molar-refractivity contribution is 7.18.